The summed E-state index contributed by atoms with van der Waals surface area (Å²) in [6, 6.07) is 24.1. The maximum atomic E-state index is 6.44. The predicted molar refractivity (Wildman–Crippen MR) is 108 cm³/mol. The highest BCUT2D eigenvalue weighted by Gasteiger charge is 2.10. The van der Waals surface area contributed by atoms with E-state index in [-0.39, 0.29) is 6.04 Å². The van der Waals surface area contributed by atoms with E-state index in [4.69, 9.17) is 5.73 Å². The lowest BCUT2D eigenvalue weighted by Crippen LogP contribution is -2.26. The summed E-state index contributed by atoms with van der Waals surface area (Å²) in [5.41, 5.74) is 15.6. The molecule has 0 aromatic heterocycles. The van der Waals surface area contributed by atoms with Gasteiger partial charge in [-0.15, -0.1) is 0 Å². The van der Waals surface area contributed by atoms with E-state index >= 15 is 0 Å². The standard InChI is InChI=1S/C24H27N/c1-17-8-10-20(11-9-17)23-13-12-22(19(3)14-23)16-24(25)15-21-7-5-4-6-18(21)2/h4-14,24H,15-16,25H2,1-3H3. The van der Waals surface area contributed by atoms with Gasteiger partial charge in [0.2, 0.25) is 0 Å². The van der Waals surface area contributed by atoms with Gasteiger partial charge in [-0.3, -0.25) is 0 Å². The van der Waals surface area contributed by atoms with Crippen LogP contribution in [0.25, 0.3) is 11.1 Å². The van der Waals surface area contributed by atoms with Crippen molar-refractivity contribution in [2.45, 2.75) is 39.7 Å². The number of nitrogens with two attached hydrogens (primary N) is 1. The van der Waals surface area contributed by atoms with Crippen LogP contribution in [-0.4, -0.2) is 6.04 Å². The monoisotopic (exact) mass is 329 g/mol. The van der Waals surface area contributed by atoms with Gasteiger partial charge in [-0.1, -0.05) is 72.3 Å². The van der Waals surface area contributed by atoms with Crippen molar-refractivity contribution in [2.75, 3.05) is 0 Å². The molecule has 1 heteroatoms. The fourth-order valence-electron chi connectivity index (χ4n) is 3.33. The van der Waals surface area contributed by atoms with Crippen LogP contribution in [-0.2, 0) is 12.8 Å². The van der Waals surface area contributed by atoms with Crippen LogP contribution in [0, 0.1) is 20.8 Å². The van der Waals surface area contributed by atoms with Crippen LogP contribution >= 0.6 is 0 Å². The highest BCUT2D eigenvalue weighted by molar-refractivity contribution is 5.65. The van der Waals surface area contributed by atoms with Crippen LogP contribution in [0.5, 0.6) is 0 Å². The number of hydrogen-bond acceptors (Lipinski definition) is 1. The van der Waals surface area contributed by atoms with E-state index in [2.05, 4.69) is 87.5 Å². The number of aryl methyl sites for hydroxylation is 3. The second kappa shape index (κ2) is 7.67. The topological polar surface area (TPSA) is 26.0 Å². The summed E-state index contributed by atoms with van der Waals surface area (Å²) in [7, 11) is 0. The third kappa shape index (κ3) is 4.37. The molecule has 0 heterocycles. The maximum absolute atomic E-state index is 6.44. The Morgan fingerprint density at radius 1 is 0.680 bits per heavy atom. The Kier molecular flexibility index (Phi) is 5.35. The Balaban J connectivity index is 1.73. The van der Waals surface area contributed by atoms with Gasteiger partial charge < -0.3 is 5.73 Å². The van der Waals surface area contributed by atoms with Crippen molar-refractivity contribution in [1.82, 2.24) is 0 Å². The Labute approximate surface area is 151 Å². The molecular weight excluding hydrogens is 302 g/mol. The van der Waals surface area contributed by atoms with Gasteiger partial charge in [0.05, 0.1) is 0 Å². The number of benzene rings is 3. The molecule has 0 bridgehead atoms. The van der Waals surface area contributed by atoms with Gasteiger partial charge in [-0.25, -0.2) is 0 Å². The van der Waals surface area contributed by atoms with Gasteiger partial charge in [0.1, 0.15) is 0 Å². The average molecular weight is 329 g/mol. The predicted octanol–water partition coefficient (Wildman–Crippen LogP) is 5.39. The lowest BCUT2D eigenvalue weighted by Gasteiger charge is -2.16. The molecule has 0 aliphatic rings. The number of hydrogen-bond donors (Lipinski definition) is 1. The van der Waals surface area contributed by atoms with E-state index in [1.54, 1.807) is 0 Å². The van der Waals surface area contributed by atoms with Crippen LogP contribution < -0.4 is 5.73 Å². The molecule has 2 N–H and O–H groups in total. The summed E-state index contributed by atoms with van der Waals surface area (Å²) < 4.78 is 0. The molecule has 0 spiro atoms. The van der Waals surface area contributed by atoms with E-state index in [0.29, 0.717) is 0 Å². The van der Waals surface area contributed by atoms with Crippen molar-refractivity contribution in [2.24, 2.45) is 5.73 Å². The fraction of sp³-hybridized carbons (Fsp3) is 0.250. The molecule has 25 heavy (non-hydrogen) atoms. The summed E-state index contributed by atoms with van der Waals surface area (Å²) in [6.45, 7) is 6.46. The average Bonchev–Trinajstić information content (AvgIpc) is 2.59. The van der Waals surface area contributed by atoms with Gasteiger partial charge in [-0.2, -0.15) is 0 Å². The molecule has 0 saturated carbocycles. The first-order valence-electron chi connectivity index (χ1n) is 8.99. The van der Waals surface area contributed by atoms with E-state index in [1.165, 1.54) is 38.9 Å². The van der Waals surface area contributed by atoms with E-state index in [9.17, 15) is 0 Å². The molecule has 128 valence electrons. The SMILES string of the molecule is Cc1ccc(-c2ccc(CC(N)Cc3ccccc3C)c(C)c2)cc1. The summed E-state index contributed by atoms with van der Waals surface area (Å²) in [4.78, 5) is 0. The van der Waals surface area contributed by atoms with Crippen molar-refractivity contribution in [3.63, 3.8) is 0 Å². The third-order valence-corrected chi connectivity index (χ3v) is 4.95. The summed E-state index contributed by atoms with van der Waals surface area (Å²) >= 11 is 0. The summed E-state index contributed by atoms with van der Waals surface area (Å²) in [5, 5.41) is 0. The van der Waals surface area contributed by atoms with Crippen molar-refractivity contribution in [1.29, 1.82) is 0 Å². The molecule has 0 amide bonds. The molecule has 3 aromatic rings. The Bertz CT molecular complexity index is 846. The highest BCUT2D eigenvalue weighted by Crippen LogP contribution is 2.24. The molecule has 1 nitrogen and oxygen atoms in total. The van der Waals surface area contributed by atoms with Gasteiger partial charge in [0.15, 0.2) is 0 Å². The first kappa shape index (κ1) is 17.4. The fourth-order valence-corrected chi connectivity index (χ4v) is 3.33. The largest absolute Gasteiger partial charge is 0.327 e. The minimum Gasteiger partial charge on any atom is -0.327 e. The van der Waals surface area contributed by atoms with Crippen molar-refractivity contribution in [3.8, 4) is 11.1 Å². The normalized spacial score (nSPS) is 12.2. The lowest BCUT2D eigenvalue weighted by molar-refractivity contribution is 0.661. The molecule has 1 atom stereocenters. The van der Waals surface area contributed by atoms with Crippen LogP contribution in [0.15, 0.2) is 66.7 Å². The first-order chi connectivity index (χ1) is 12.0. The zero-order valence-electron chi connectivity index (χ0n) is 15.4. The molecular formula is C24H27N. The van der Waals surface area contributed by atoms with Crippen molar-refractivity contribution >= 4 is 0 Å². The first-order valence-corrected chi connectivity index (χ1v) is 8.99. The van der Waals surface area contributed by atoms with E-state index in [1.807, 2.05) is 0 Å². The maximum Gasteiger partial charge on any atom is 0.0120 e. The molecule has 0 aliphatic carbocycles. The molecule has 0 fully saturated rings. The second-order valence-electron chi connectivity index (χ2n) is 7.10. The number of rotatable bonds is 5. The minimum atomic E-state index is 0.144. The third-order valence-electron chi connectivity index (χ3n) is 4.95. The Hall–Kier alpha value is -2.38. The van der Waals surface area contributed by atoms with Crippen LogP contribution in [0.1, 0.15) is 27.8 Å². The van der Waals surface area contributed by atoms with E-state index < -0.39 is 0 Å². The quantitative estimate of drug-likeness (QED) is 0.667. The zero-order valence-corrected chi connectivity index (χ0v) is 15.4. The highest BCUT2D eigenvalue weighted by atomic mass is 14.6. The second-order valence-corrected chi connectivity index (χ2v) is 7.10. The van der Waals surface area contributed by atoms with Gasteiger partial charge in [0, 0.05) is 6.04 Å². The molecule has 0 aliphatic heterocycles. The van der Waals surface area contributed by atoms with Crippen molar-refractivity contribution < 1.29 is 0 Å². The lowest BCUT2D eigenvalue weighted by atomic mass is 9.93. The molecule has 0 saturated heterocycles. The molecule has 3 aromatic carbocycles. The smallest absolute Gasteiger partial charge is 0.0120 e. The van der Waals surface area contributed by atoms with Crippen LogP contribution in [0.3, 0.4) is 0 Å². The zero-order chi connectivity index (χ0) is 17.8. The molecule has 3 rings (SSSR count). The van der Waals surface area contributed by atoms with Gasteiger partial charge in [0.25, 0.3) is 0 Å². The minimum absolute atomic E-state index is 0.144. The Morgan fingerprint density at radius 2 is 1.28 bits per heavy atom. The van der Waals surface area contributed by atoms with Gasteiger partial charge >= 0.3 is 0 Å². The summed E-state index contributed by atoms with van der Waals surface area (Å²) in [6.07, 6.45) is 1.83. The summed E-state index contributed by atoms with van der Waals surface area (Å²) in [5.74, 6) is 0. The van der Waals surface area contributed by atoms with Gasteiger partial charge in [-0.05, 0) is 67.0 Å². The van der Waals surface area contributed by atoms with E-state index in [0.717, 1.165) is 12.8 Å². The molecule has 0 radical (unpaired) electrons. The molecule has 1 unspecified atom stereocenters. The van der Waals surface area contributed by atoms with Crippen LogP contribution in [0.4, 0.5) is 0 Å². The van der Waals surface area contributed by atoms with Crippen molar-refractivity contribution in [3.05, 3.63) is 94.5 Å². The van der Waals surface area contributed by atoms with Crippen LogP contribution in [0.2, 0.25) is 0 Å². The Morgan fingerprint density at radius 3 is 1.92 bits per heavy atom.